The number of pyridine rings is 1. The van der Waals surface area contributed by atoms with Crippen LogP contribution in [0.1, 0.15) is 67.9 Å². The Bertz CT molecular complexity index is 1290. The third-order valence-corrected chi connectivity index (χ3v) is 6.58. The zero-order valence-electron chi connectivity index (χ0n) is 21.4. The number of nitrogens with zero attached hydrogens (tertiary/aromatic N) is 1. The Kier molecular flexibility index (Phi) is 7.16. The van der Waals surface area contributed by atoms with Crippen molar-refractivity contribution in [2.45, 2.75) is 64.1 Å². The Hall–Kier alpha value is -3.67. The summed E-state index contributed by atoms with van der Waals surface area (Å²) in [6.45, 7) is 5.73. The molecule has 0 N–H and O–H groups in total. The van der Waals surface area contributed by atoms with Gasteiger partial charge in [0, 0.05) is 25.0 Å². The average Bonchev–Trinajstić information content (AvgIpc) is 3.35. The molecule has 6 heteroatoms. The second-order valence-corrected chi connectivity index (χ2v) is 10.5. The standard InChI is InChI=1S/C30H33NO5/c1-29(2,3)36-28(34)30(16-8-9-17-30)23-14-12-22(13-15-23)24-18-31(4)19-25(26(24)32)27(33)35-20-21-10-6-5-7-11-21/h5-7,10-15,18-19H,8-9,16-17,20H2,1-4H3. The van der Waals surface area contributed by atoms with Crippen molar-refractivity contribution in [1.82, 2.24) is 4.57 Å². The van der Waals surface area contributed by atoms with Gasteiger partial charge in [0.05, 0.1) is 5.41 Å². The molecule has 1 aliphatic carbocycles. The van der Waals surface area contributed by atoms with Crippen molar-refractivity contribution < 1.29 is 19.1 Å². The molecule has 1 heterocycles. The van der Waals surface area contributed by atoms with Gasteiger partial charge in [0.2, 0.25) is 5.43 Å². The van der Waals surface area contributed by atoms with E-state index < -0.39 is 17.0 Å². The van der Waals surface area contributed by atoms with E-state index >= 15 is 0 Å². The molecule has 2 aromatic carbocycles. The second-order valence-electron chi connectivity index (χ2n) is 10.5. The van der Waals surface area contributed by atoms with Crippen LogP contribution >= 0.6 is 0 Å². The summed E-state index contributed by atoms with van der Waals surface area (Å²) in [6.07, 6.45) is 6.61. The molecule has 0 atom stereocenters. The highest BCUT2D eigenvalue weighted by Gasteiger charge is 2.45. The molecule has 36 heavy (non-hydrogen) atoms. The second kappa shape index (κ2) is 10.1. The van der Waals surface area contributed by atoms with Crippen molar-refractivity contribution in [1.29, 1.82) is 0 Å². The van der Waals surface area contributed by atoms with Crippen LogP contribution in [-0.4, -0.2) is 22.1 Å². The van der Waals surface area contributed by atoms with Crippen LogP contribution in [0.5, 0.6) is 0 Å². The van der Waals surface area contributed by atoms with Gasteiger partial charge in [-0.1, -0.05) is 67.4 Å². The molecule has 1 aliphatic rings. The smallest absolute Gasteiger partial charge is 0.343 e. The minimum Gasteiger partial charge on any atom is -0.459 e. The van der Waals surface area contributed by atoms with Crippen molar-refractivity contribution >= 4 is 11.9 Å². The van der Waals surface area contributed by atoms with Gasteiger partial charge in [-0.15, -0.1) is 0 Å². The highest BCUT2D eigenvalue weighted by atomic mass is 16.6. The molecule has 1 fully saturated rings. The molecule has 0 spiro atoms. The minimum atomic E-state index is -0.667. The predicted molar refractivity (Wildman–Crippen MR) is 139 cm³/mol. The molecule has 1 aromatic heterocycles. The van der Waals surface area contributed by atoms with Gasteiger partial charge in [-0.3, -0.25) is 9.59 Å². The lowest BCUT2D eigenvalue weighted by atomic mass is 9.78. The van der Waals surface area contributed by atoms with E-state index in [-0.39, 0.29) is 23.6 Å². The van der Waals surface area contributed by atoms with Gasteiger partial charge in [-0.25, -0.2) is 4.79 Å². The lowest BCUT2D eigenvalue weighted by molar-refractivity contribution is -0.162. The third kappa shape index (κ3) is 5.43. The molecule has 0 unspecified atom stereocenters. The first-order valence-electron chi connectivity index (χ1n) is 12.3. The molecular weight excluding hydrogens is 454 g/mol. The van der Waals surface area contributed by atoms with Crippen LogP contribution in [-0.2, 0) is 33.3 Å². The highest BCUT2D eigenvalue weighted by Crippen LogP contribution is 2.43. The number of carbonyl (C=O) groups is 2. The molecular formula is C30H33NO5. The van der Waals surface area contributed by atoms with Crippen molar-refractivity contribution in [2.24, 2.45) is 7.05 Å². The Labute approximate surface area is 211 Å². The lowest BCUT2D eigenvalue weighted by Gasteiger charge is -2.31. The summed E-state index contributed by atoms with van der Waals surface area (Å²) in [5, 5.41) is 0. The molecule has 0 saturated heterocycles. The summed E-state index contributed by atoms with van der Waals surface area (Å²) in [5.74, 6) is -0.855. The Morgan fingerprint density at radius 2 is 1.58 bits per heavy atom. The maximum Gasteiger partial charge on any atom is 0.343 e. The van der Waals surface area contributed by atoms with Gasteiger partial charge in [0.1, 0.15) is 17.8 Å². The number of hydrogen-bond donors (Lipinski definition) is 0. The fourth-order valence-corrected chi connectivity index (χ4v) is 4.79. The summed E-state index contributed by atoms with van der Waals surface area (Å²) >= 11 is 0. The van der Waals surface area contributed by atoms with E-state index in [4.69, 9.17) is 9.47 Å². The lowest BCUT2D eigenvalue weighted by Crippen LogP contribution is -2.39. The first-order valence-corrected chi connectivity index (χ1v) is 12.3. The zero-order chi connectivity index (χ0) is 25.9. The van der Waals surface area contributed by atoms with E-state index in [2.05, 4.69) is 0 Å². The van der Waals surface area contributed by atoms with Gasteiger partial charge < -0.3 is 14.0 Å². The van der Waals surface area contributed by atoms with E-state index in [0.29, 0.717) is 11.1 Å². The maximum absolute atomic E-state index is 13.3. The number of benzene rings is 2. The van der Waals surface area contributed by atoms with Crippen LogP contribution in [0.4, 0.5) is 0 Å². The van der Waals surface area contributed by atoms with Gasteiger partial charge in [0.25, 0.3) is 0 Å². The summed E-state index contributed by atoms with van der Waals surface area (Å²) in [5.41, 5.74) is 1.19. The Morgan fingerprint density at radius 3 is 2.19 bits per heavy atom. The highest BCUT2D eigenvalue weighted by molar-refractivity contribution is 5.90. The Balaban J connectivity index is 1.61. The van der Waals surface area contributed by atoms with Crippen LogP contribution in [0, 0.1) is 0 Å². The third-order valence-electron chi connectivity index (χ3n) is 6.58. The van der Waals surface area contributed by atoms with Crippen molar-refractivity contribution in [2.75, 3.05) is 0 Å². The largest absolute Gasteiger partial charge is 0.459 e. The van der Waals surface area contributed by atoms with Crippen molar-refractivity contribution in [3.05, 3.63) is 93.9 Å². The number of rotatable bonds is 6. The van der Waals surface area contributed by atoms with Crippen molar-refractivity contribution in [3.63, 3.8) is 0 Å². The predicted octanol–water partition coefficient (Wildman–Crippen LogP) is 5.56. The fraction of sp³-hybridized carbons (Fsp3) is 0.367. The van der Waals surface area contributed by atoms with Crippen LogP contribution in [0.2, 0.25) is 0 Å². The van der Waals surface area contributed by atoms with Gasteiger partial charge in [-0.05, 0) is 50.3 Å². The topological polar surface area (TPSA) is 74.6 Å². The first-order chi connectivity index (χ1) is 17.1. The molecule has 188 valence electrons. The van der Waals surface area contributed by atoms with Gasteiger partial charge in [0.15, 0.2) is 0 Å². The normalized spacial score (nSPS) is 14.9. The van der Waals surface area contributed by atoms with Crippen LogP contribution in [0.3, 0.4) is 0 Å². The van der Waals surface area contributed by atoms with E-state index in [1.807, 2.05) is 75.4 Å². The molecule has 6 nitrogen and oxygen atoms in total. The fourth-order valence-electron chi connectivity index (χ4n) is 4.79. The summed E-state index contributed by atoms with van der Waals surface area (Å²) in [6, 6.07) is 16.8. The molecule has 3 aromatic rings. The number of aryl methyl sites for hydroxylation is 1. The number of ether oxygens (including phenoxy) is 2. The van der Waals surface area contributed by atoms with E-state index in [1.165, 1.54) is 6.20 Å². The number of aromatic nitrogens is 1. The van der Waals surface area contributed by atoms with Crippen LogP contribution < -0.4 is 5.43 Å². The quantitative estimate of drug-likeness (QED) is 0.426. The number of hydrogen-bond acceptors (Lipinski definition) is 5. The van der Waals surface area contributed by atoms with E-state index in [1.54, 1.807) is 17.8 Å². The molecule has 0 radical (unpaired) electrons. The average molecular weight is 488 g/mol. The van der Waals surface area contributed by atoms with Gasteiger partial charge in [-0.2, -0.15) is 0 Å². The number of carbonyl (C=O) groups excluding carboxylic acids is 2. The molecule has 0 amide bonds. The SMILES string of the molecule is Cn1cc(C(=O)OCc2ccccc2)c(=O)c(-c2ccc(C3(C(=O)OC(C)(C)C)CCCC3)cc2)c1. The summed E-state index contributed by atoms with van der Waals surface area (Å²) in [4.78, 5) is 39.2. The van der Waals surface area contributed by atoms with E-state index in [9.17, 15) is 14.4 Å². The monoisotopic (exact) mass is 487 g/mol. The molecule has 0 aliphatic heterocycles. The van der Waals surface area contributed by atoms with Crippen LogP contribution in [0.15, 0.2) is 71.8 Å². The molecule has 0 bridgehead atoms. The minimum absolute atomic E-state index is 0.0176. The molecule has 1 saturated carbocycles. The Morgan fingerprint density at radius 1 is 0.944 bits per heavy atom. The maximum atomic E-state index is 13.3. The summed E-state index contributed by atoms with van der Waals surface area (Å²) in [7, 11) is 1.77. The van der Waals surface area contributed by atoms with Gasteiger partial charge >= 0.3 is 11.9 Å². The molecule has 4 rings (SSSR count). The zero-order valence-corrected chi connectivity index (χ0v) is 21.4. The number of esters is 2. The van der Waals surface area contributed by atoms with E-state index in [0.717, 1.165) is 36.8 Å². The summed E-state index contributed by atoms with van der Waals surface area (Å²) < 4.78 is 12.9. The van der Waals surface area contributed by atoms with Crippen molar-refractivity contribution in [3.8, 4) is 11.1 Å². The first kappa shape index (κ1) is 25.4. The van der Waals surface area contributed by atoms with Crippen LogP contribution in [0.25, 0.3) is 11.1 Å².